The average molecular weight is 266 g/mol. The normalized spacial score (nSPS) is 10.2. The van der Waals surface area contributed by atoms with Gasteiger partial charge < -0.3 is 0 Å². The molecule has 2 rings (SSSR count). The lowest BCUT2D eigenvalue weighted by Gasteiger charge is -2.02. The summed E-state index contributed by atoms with van der Waals surface area (Å²) in [5.74, 6) is -0.0481. The van der Waals surface area contributed by atoms with E-state index in [1.807, 2.05) is 18.2 Å². The summed E-state index contributed by atoms with van der Waals surface area (Å²) in [6.07, 6.45) is 1.91. The Bertz CT molecular complexity index is 520. The van der Waals surface area contributed by atoms with Crippen LogP contribution in [0.25, 0.3) is 0 Å². The van der Waals surface area contributed by atoms with Crippen molar-refractivity contribution >= 4 is 29.0 Å². The van der Waals surface area contributed by atoms with E-state index in [1.165, 1.54) is 0 Å². The van der Waals surface area contributed by atoms with Crippen LogP contribution in [-0.2, 0) is 6.42 Å². The van der Waals surface area contributed by atoms with Crippen LogP contribution in [0.15, 0.2) is 42.6 Å². The van der Waals surface area contributed by atoms with Gasteiger partial charge in [-0.2, -0.15) is 0 Å². The van der Waals surface area contributed by atoms with E-state index in [9.17, 15) is 4.79 Å². The third-order valence-electron chi connectivity index (χ3n) is 2.25. The number of nitrogens with zero attached hydrogens (tertiary/aromatic N) is 1. The molecule has 0 aliphatic carbocycles. The summed E-state index contributed by atoms with van der Waals surface area (Å²) in [6.45, 7) is 0. The molecule has 0 radical (unpaired) electrons. The number of benzene rings is 1. The van der Waals surface area contributed by atoms with Crippen LogP contribution in [0.1, 0.15) is 16.1 Å². The van der Waals surface area contributed by atoms with Crippen molar-refractivity contribution in [1.29, 1.82) is 0 Å². The lowest BCUT2D eigenvalue weighted by atomic mass is 10.1. The maximum atomic E-state index is 12.0. The van der Waals surface area contributed by atoms with Gasteiger partial charge in [0.1, 0.15) is 0 Å². The fourth-order valence-corrected chi connectivity index (χ4v) is 2.01. The molecule has 0 bridgehead atoms. The first-order valence-corrected chi connectivity index (χ1v) is 5.80. The predicted octanol–water partition coefficient (Wildman–Crippen LogP) is 3.81. The fraction of sp³-hybridized carbons (Fsp3) is 0.0769. The highest BCUT2D eigenvalue weighted by Crippen LogP contribution is 2.20. The molecule has 4 heteroatoms. The van der Waals surface area contributed by atoms with Crippen molar-refractivity contribution in [3.05, 3.63) is 63.9 Å². The van der Waals surface area contributed by atoms with Gasteiger partial charge >= 0.3 is 0 Å². The highest BCUT2D eigenvalue weighted by molar-refractivity contribution is 6.35. The van der Waals surface area contributed by atoms with Gasteiger partial charge in [0.25, 0.3) is 0 Å². The SMILES string of the molecule is O=C(Cc1ccccn1)c1cc(Cl)cc(Cl)c1. The van der Waals surface area contributed by atoms with Crippen molar-refractivity contribution in [3.8, 4) is 0 Å². The van der Waals surface area contributed by atoms with Crippen molar-refractivity contribution in [3.63, 3.8) is 0 Å². The summed E-state index contributed by atoms with van der Waals surface area (Å²) in [6, 6.07) is 10.3. The van der Waals surface area contributed by atoms with Crippen molar-refractivity contribution in [2.75, 3.05) is 0 Å². The molecule has 0 fully saturated rings. The van der Waals surface area contributed by atoms with Crippen molar-refractivity contribution < 1.29 is 4.79 Å². The van der Waals surface area contributed by atoms with E-state index < -0.39 is 0 Å². The first-order valence-electron chi connectivity index (χ1n) is 5.04. The topological polar surface area (TPSA) is 30.0 Å². The van der Waals surface area contributed by atoms with Crippen LogP contribution >= 0.6 is 23.2 Å². The maximum absolute atomic E-state index is 12.0. The number of hydrogen-bond donors (Lipinski definition) is 0. The van der Waals surface area contributed by atoms with E-state index in [0.717, 1.165) is 5.69 Å². The van der Waals surface area contributed by atoms with Crippen LogP contribution in [-0.4, -0.2) is 10.8 Å². The molecule has 2 aromatic rings. The molecule has 0 unspecified atom stereocenters. The number of ketones is 1. The number of rotatable bonds is 3. The van der Waals surface area contributed by atoms with Gasteiger partial charge in [-0.25, -0.2) is 0 Å². The van der Waals surface area contributed by atoms with Crippen molar-refractivity contribution in [2.24, 2.45) is 0 Å². The standard InChI is InChI=1S/C13H9Cl2NO/c14-10-5-9(6-11(15)7-10)13(17)8-12-3-1-2-4-16-12/h1-7H,8H2. The first-order chi connectivity index (χ1) is 8.15. The summed E-state index contributed by atoms with van der Waals surface area (Å²) in [4.78, 5) is 16.1. The molecule has 17 heavy (non-hydrogen) atoms. The van der Waals surface area contributed by atoms with E-state index in [0.29, 0.717) is 15.6 Å². The van der Waals surface area contributed by atoms with Crippen LogP contribution in [0.2, 0.25) is 10.0 Å². The van der Waals surface area contributed by atoms with Crippen LogP contribution in [0.3, 0.4) is 0 Å². The molecule has 86 valence electrons. The Morgan fingerprint density at radius 3 is 2.41 bits per heavy atom. The number of pyridine rings is 1. The van der Waals surface area contributed by atoms with Gasteiger partial charge in [0, 0.05) is 27.5 Å². The molecular weight excluding hydrogens is 257 g/mol. The zero-order valence-corrected chi connectivity index (χ0v) is 10.4. The predicted molar refractivity (Wildman–Crippen MR) is 68.7 cm³/mol. The zero-order chi connectivity index (χ0) is 12.3. The molecule has 0 saturated heterocycles. The molecule has 0 spiro atoms. The number of hydrogen-bond acceptors (Lipinski definition) is 2. The number of carbonyl (C=O) groups is 1. The first kappa shape index (κ1) is 12.1. The molecule has 1 heterocycles. The molecule has 0 atom stereocenters. The van der Waals surface area contributed by atoms with Gasteiger partial charge in [0.2, 0.25) is 0 Å². The summed E-state index contributed by atoms with van der Waals surface area (Å²) >= 11 is 11.7. The summed E-state index contributed by atoms with van der Waals surface area (Å²) in [5.41, 5.74) is 1.24. The minimum Gasteiger partial charge on any atom is -0.294 e. The smallest absolute Gasteiger partial charge is 0.168 e. The number of carbonyl (C=O) groups excluding carboxylic acids is 1. The number of Topliss-reactive ketones (excluding diaryl/α,β-unsaturated/α-hetero) is 1. The monoisotopic (exact) mass is 265 g/mol. The summed E-state index contributed by atoms with van der Waals surface area (Å²) < 4.78 is 0. The molecule has 0 aliphatic rings. The van der Waals surface area contributed by atoms with Gasteiger partial charge in [-0.3, -0.25) is 9.78 Å². The third-order valence-corrected chi connectivity index (χ3v) is 2.69. The van der Waals surface area contributed by atoms with E-state index in [-0.39, 0.29) is 12.2 Å². The Kier molecular flexibility index (Phi) is 3.77. The van der Waals surface area contributed by atoms with Gasteiger partial charge in [0.15, 0.2) is 5.78 Å². The Hall–Kier alpha value is -1.38. The quantitative estimate of drug-likeness (QED) is 0.790. The second kappa shape index (κ2) is 5.30. The zero-order valence-electron chi connectivity index (χ0n) is 8.86. The Labute approximate surface area is 109 Å². The average Bonchev–Trinajstić information content (AvgIpc) is 2.29. The van der Waals surface area contributed by atoms with E-state index in [2.05, 4.69) is 4.98 Å². The molecular formula is C13H9Cl2NO. The van der Waals surface area contributed by atoms with Crippen molar-refractivity contribution in [2.45, 2.75) is 6.42 Å². The molecule has 0 saturated carbocycles. The Morgan fingerprint density at radius 1 is 1.12 bits per heavy atom. The van der Waals surface area contributed by atoms with E-state index in [4.69, 9.17) is 23.2 Å². The van der Waals surface area contributed by atoms with Crippen LogP contribution in [0, 0.1) is 0 Å². The van der Waals surface area contributed by atoms with Crippen LogP contribution in [0.4, 0.5) is 0 Å². The Morgan fingerprint density at radius 2 is 1.82 bits per heavy atom. The molecule has 0 N–H and O–H groups in total. The highest BCUT2D eigenvalue weighted by atomic mass is 35.5. The molecule has 2 nitrogen and oxygen atoms in total. The van der Waals surface area contributed by atoms with E-state index >= 15 is 0 Å². The summed E-state index contributed by atoms with van der Waals surface area (Å²) in [7, 11) is 0. The lowest BCUT2D eigenvalue weighted by Crippen LogP contribution is -2.04. The van der Waals surface area contributed by atoms with Gasteiger partial charge in [-0.15, -0.1) is 0 Å². The number of halogens is 2. The minimum absolute atomic E-state index is 0.0481. The third kappa shape index (κ3) is 3.29. The van der Waals surface area contributed by atoms with Gasteiger partial charge in [-0.1, -0.05) is 29.3 Å². The van der Waals surface area contributed by atoms with Gasteiger partial charge in [0.05, 0.1) is 6.42 Å². The summed E-state index contributed by atoms with van der Waals surface area (Å²) in [5, 5.41) is 0.920. The maximum Gasteiger partial charge on any atom is 0.168 e. The molecule has 1 aromatic carbocycles. The van der Waals surface area contributed by atoms with Crippen LogP contribution < -0.4 is 0 Å². The fourth-order valence-electron chi connectivity index (χ4n) is 1.48. The second-order valence-corrected chi connectivity index (χ2v) is 4.45. The molecule has 0 amide bonds. The molecule has 1 aromatic heterocycles. The second-order valence-electron chi connectivity index (χ2n) is 3.58. The minimum atomic E-state index is -0.0481. The highest BCUT2D eigenvalue weighted by Gasteiger charge is 2.09. The van der Waals surface area contributed by atoms with E-state index in [1.54, 1.807) is 24.4 Å². The molecule has 0 aliphatic heterocycles. The van der Waals surface area contributed by atoms with Crippen molar-refractivity contribution in [1.82, 2.24) is 4.98 Å². The van der Waals surface area contributed by atoms with Crippen LogP contribution in [0.5, 0.6) is 0 Å². The lowest BCUT2D eigenvalue weighted by molar-refractivity contribution is 0.0992. The van der Waals surface area contributed by atoms with Gasteiger partial charge in [-0.05, 0) is 30.3 Å². The number of aromatic nitrogens is 1. The Balaban J connectivity index is 2.20. The largest absolute Gasteiger partial charge is 0.294 e.